The number of pyridine rings is 2. The zero-order valence-corrected chi connectivity index (χ0v) is 9.61. The summed E-state index contributed by atoms with van der Waals surface area (Å²) in [6, 6.07) is 1.70. The fourth-order valence-electron chi connectivity index (χ4n) is 1.78. The standard InChI is InChI=1S/C13H13FN2O/c1-8-13-11(12(14)6-15-8)4-10(5-16-13)17-7-9-2-3-9/h4-6,9H,2-3,7H2,1H3. The quantitative estimate of drug-likeness (QED) is 0.816. The van der Waals surface area contributed by atoms with Crippen LogP contribution >= 0.6 is 0 Å². The minimum Gasteiger partial charge on any atom is -0.492 e. The van der Waals surface area contributed by atoms with Crippen LogP contribution in [0.2, 0.25) is 0 Å². The molecule has 4 heteroatoms. The molecule has 3 nitrogen and oxygen atoms in total. The van der Waals surface area contributed by atoms with Crippen molar-refractivity contribution in [3.05, 3.63) is 30.0 Å². The molecule has 0 saturated heterocycles. The fraction of sp³-hybridized carbons (Fsp3) is 0.385. The van der Waals surface area contributed by atoms with Crippen molar-refractivity contribution in [1.82, 2.24) is 9.97 Å². The first-order chi connectivity index (χ1) is 8.24. The van der Waals surface area contributed by atoms with Crippen molar-refractivity contribution in [2.45, 2.75) is 19.8 Å². The number of hydrogen-bond acceptors (Lipinski definition) is 3. The van der Waals surface area contributed by atoms with Crippen LogP contribution in [0, 0.1) is 18.7 Å². The number of hydrogen-bond donors (Lipinski definition) is 0. The van der Waals surface area contributed by atoms with E-state index in [9.17, 15) is 4.39 Å². The first kappa shape index (κ1) is 10.4. The summed E-state index contributed by atoms with van der Waals surface area (Å²) in [5, 5.41) is 0.478. The summed E-state index contributed by atoms with van der Waals surface area (Å²) in [7, 11) is 0. The second-order valence-electron chi connectivity index (χ2n) is 4.51. The van der Waals surface area contributed by atoms with Gasteiger partial charge in [0.2, 0.25) is 0 Å². The lowest BCUT2D eigenvalue weighted by atomic mass is 10.2. The van der Waals surface area contributed by atoms with Crippen LogP contribution in [0.15, 0.2) is 18.5 Å². The highest BCUT2D eigenvalue weighted by atomic mass is 19.1. The van der Waals surface area contributed by atoms with E-state index in [4.69, 9.17) is 4.74 Å². The van der Waals surface area contributed by atoms with Crippen LogP contribution < -0.4 is 4.74 Å². The van der Waals surface area contributed by atoms with E-state index >= 15 is 0 Å². The minimum absolute atomic E-state index is 0.352. The van der Waals surface area contributed by atoms with Crippen molar-refractivity contribution in [2.24, 2.45) is 5.92 Å². The highest BCUT2D eigenvalue weighted by molar-refractivity contribution is 5.81. The maximum Gasteiger partial charge on any atom is 0.151 e. The van der Waals surface area contributed by atoms with E-state index in [1.165, 1.54) is 19.0 Å². The topological polar surface area (TPSA) is 35.0 Å². The van der Waals surface area contributed by atoms with Crippen molar-refractivity contribution in [1.29, 1.82) is 0 Å². The Morgan fingerprint density at radius 2 is 2.18 bits per heavy atom. The molecule has 0 bridgehead atoms. The van der Waals surface area contributed by atoms with Gasteiger partial charge in [-0.3, -0.25) is 9.97 Å². The lowest BCUT2D eigenvalue weighted by Gasteiger charge is -2.07. The zero-order chi connectivity index (χ0) is 11.8. The maximum absolute atomic E-state index is 13.6. The summed E-state index contributed by atoms with van der Waals surface area (Å²) in [6.45, 7) is 2.53. The van der Waals surface area contributed by atoms with Crippen LogP contribution in [0.1, 0.15) is 18.5 Å². The lowest BCUT2D eigenvalue weighted by molar-refractivity contribution is 0.299. The van der Waals surface area contributed by atoms with Crippen LogP contribution in [-0.2, 0) is 0 Å². The third kappa shape index (κ3) is 2.07. The molecule has 1 aliphatic carbocycles. The molecule has 1 saturated carbocycles. The van der Waals surface area contributed by atoms with Crippen LogP contribution in [-0.4, -0.2) is 16.6 Å². The molecular formula is C13H13FN2O. The molecule has 0 aromatic carbocycles. The second-order valence-corrected chi connectivity index (χ2v) is 4.51. The van der Waals surface area contributed by atoms with E-state index in [0.29, 0.717) is 29.2 Å². The lowest BCUT2D eigenvalue weighted by Crippen LogP contribution is -2.00. The van der Waals surface area contributed by atoms with Gasteiger partial charge in [-0.1, -0.05) is 0 Å². The van der Waals surface area contributed by atoms with Crippen LogP contribution in [0.3, 0.4) is 0 Å². The van der Waals surface area contributed by atoms with Gasteiger partial charge < -0.3 is 4.74 Å². The molecular weight excluding hydrogens is 219 g/mol. The minimum atomic E-state index is -0.352. The molecule has 3 rings (SSSR count). The Labute approximate surface area is 98.7 Å². The monoisotopic (exact) mass is 232 g/mol. The zero-order valence-electron chi connectivity index (χ0n) is 9.61. The molecule has 0 unspecified atom stereocenters. The number of nitrogens with zero attached hydrogens (tertiary/aromatic N) is 2. The largest absolute Gasteiger partial charge is 0.492 e. The normalized spacial score (nSPS) is 15.2. The Hall–Kier alpha value is -1.71. The van der Waals surface area contributed by atoms with E-state index in [2.05, 4.69) is 9.97 Å². The van der Waals surface area contributed by atoms with Gasteiger partial charge in [-0.2, -0.15) is 0 Å². The molecule has 2 aromatic rings. The molecule has 2 heterocycles. The first-order valence-corrected chi connectivity index (χ1v) is 5.77. The average Bonchev–Trinajstić information content (AvgIpc) is 3.15. The molecule has 0 radical (unpaired) electrons. The van der Waals surface area contributed by atoms with Gasteiger partial charge >= 0.3 is 0 Å². The van der Waals surface area contributed by atoms with Gasteiger partial charge in [0.25, 0.3) is 0 Å². The third-order valence-corrected chi connectivity index (χ3v) is 3.02. The number of rotatable bonds is 3. The van der Waals surface area contributed by atoms with Crippen LogP contribution in [0.25, 0.3) is 10.9 Å². The first-order valence-electron chi connectivity index (χ1n) is 5.77. The van der Waals surface area contributed by atoms with E-state index in [1.54, 1.807) is 12.3 Å². The summed E-state index contributed by atoms with van der Waals surface area (Å²) in [5.74, 6) is 0.957. The Bertz CT molecular complexity index is 567. The van der Waals surface area contributed by atoms with Gasteiger partial charge in [0.05, 0.1) is 30.2 Å². The van der Waals surface area contributed by atoms with Crippen LogP contribution in [0.5, 0.6) is 5.75 Å². The van der Waals surface area contributed by atoms with Crippen molar-refractivity contribution in [3.63, 3.8) is 0 Å². The third-order valence-electron chi connectivity index (χ3n) is 3.02. The van der Waals surface area contributed by atoms with Crippen molar-refractivity contribution < 1.29 is 9.13 Å². The van der Waals surface area contributed by atoms with Gasteiger partial charge in [-0.25, -0.2) is 4.39 Å². The van der Waals surface area contributed by atoms with Crippen molar-refractivity contribution >= 4 is 10.9 Å². The number of fused-ring (bicyclic) bond motifs is 1. The van der Waals surface area contributed by atoms with Gasteiger partial charge in [-0.15, -0.1) is 0 Å². The summed E-state index contributed by atoms with van der Waals surface area (Å²) in [4.78, 5) is 8.15. The van der Waals surface area contributed by atoms with Crippen molar-refractivity contribution in [3.8, 4) is 5.75 Å². The molecule has 1 aliphatic rings. The number of aryl methyl sites for hydroxylation is 1. The summed E-state index contributed by atoms with van der Waals surface area (Å²) >= 11 is 0. The number of halogens is 1. The summed E-state index contributed by atoms with van der Waals surface area (Å²) in [6.07, 6.45) is 5.33. The average molecular weight is 232 g/mol. The predicted octanol–water partition coefficient (Wildman–Crippen LogP) is 2.87. The smallest absolute Gasteiger partial charge is 0.151 e. The summed E-state index contributed by atoms with van der Waals surface area (Å²) in [5.41, 5.74) is 1.33. The maximum atomic E-state index is 13.6. The SMILES string of the molecule is Cc1ncc(F)c2cc(OCC3CC3)cnc12. The van der Waals surface area contributed by atoms with Gasteiger partial charge in [0.1, 0.15) is 5.75 Å². The Kier molecular flexibility index (Phi) is 2.42. The Morgan fingerprint density at radius 1 is 1.35 bits per heavy atom. The second kappa shape index (κ2) is 3.95. The van der Waals surface area contributed by atoms with Gasteiger partial charge in [-0.05, 0) is 31.7 Å². The van der Waals surface area contributed by atoms with Gasteiger partial charge in [0, 0.05) is 5.39 Å². The van der Waals surface area contributed by atoms with E-state index in [-0.39, 0.29) is 5.82 Å². The highest BCUT2D eigenvalue weighted by Gasteiger charge is 2.22. The molecule has 0 aliphatic heterocycles. The molecule has 1 fully saturated rings. The molecule has 0 amide bonds. The van der Waals surface area contributed by atoms with E-state index in [0.717, 1.165) is 5.69 Å². The van der Waals surface area contributed by atoms with Crippen molar-refractivity contribution in [2.75, 3.05) is 6.61 Å². The summed E-state index contributed by atoms with van der Waals surface area (Å²) < 4.78 is 19.2. The molecule has 17 heavy (non-hydrogen) atoms. The molecule has 0 atom stereocenters. The molecule has 2 aromatic heterocycles. The number of aromatic nitrogens is 2. The molecule has 88 valence electrons. The highest BCUT2D eigenvalue weighted by Crippen LogP contribution is 2.30. The Morgan fingerprint density at radius 3 is 2.94 bits per heavy atom. The molecule has 0 spiro atoms. The molecule has 0 N–H and O–H groups in total. The number of ether oxygens (including phenoxy) is 1. The van der Waals surface area contributed by atoms with Crippen LogP contribution in [0.4, 0.5) is 4.39 Å². The van der Waals surface area contributed by atoms with E-state index in [1.807, 2.05) is 6.92 Å². The Balaban J connectivity index is 1.96. The van der Waals surface area contributed by atoms with E-state index < -0.39 is 0 Å². The van der Waals surface area contributed by atoms with Gasteiger partial charge in [0.15, 0.2) is 5.82 Å². The predicted molar refractivity (Wildman–Crippen MR) is 62.5 cm³/mol. The fourth-order valence-corrected chi connectivity index (χ4v) is 1.78.